The number of rotatable bonds is 14. The van der Waals surface area contributed by atoms with Crippen LogP contribution in [-0.4, -0.2) is 32.4 Å². The Morgan fingerprint density at radius 1 is 0.857 bits per heavy atom. The Kier molecular flexibility index (Phi) is 11.7. The molecule has 0 radical (unpaired) electrons. The second kappa shape index (κ2) is 11.6. The summed E-state index contributed by atoms with van der Waals surface area (Å²) in [6, 6.07) is 0. The molecule has 0 aromatic rings. The minimum absolute atomic E-state index is 0.112. The lowest BCUT2D eigenvalue weighted by atomic mass is 10.1. The lowest BCUT2D eigenvalue weighted by molar-refractivity contribution is -1.04. The van der Waals surface area contributed by atoms with E-state index in [0.29, 0.717) is 0 Å². The Hall–Kier alpha value is 0.0700. The van der Waals surface area contributed by atoms with Crippen LogP contribution < -0.4 is 4.89 Å². The molecule has 21 heavy (non-hydrogen) atoms. The first-order chi connectivity index (χ1) is 9.77. The average molecular weight is 323 g/mol. The van der Waals surface area contributed by atoms with E-state index in [2.05, 4.69) is 6.92 Å². The third-order valence-corrected chi connectivity index (χ3v) is 4.28. The zero-order chi connectivity index (χ0) is 16.2. The van der Waals surface area contributed by atoms with Gasteiger partial charge in [0, 0.05) is 0 Å². The van der Waals surface area contributed by atoms with Crippen LogP contribution in [0.3, 0.4) is 0 Å². The molecule has 0 aromatic carbocycles. The van der Waals surface area contributed by atoms with Crippen LogP contribution >= 0.6 is 7.82 Å². The summed E-state index contributed by atoms with van der Waals surface area (Å²) in [5.41, 5.74) is 0. The Balaban J connectivity index is 3.38. The van der Waals surface area contributed by atoms with E-state index >= 15 is 0 Å². The van der Waals surface area contributed by atoms with Crippen LogP contribution in [0.25, 0.3) is 0 Å². The van der Waals surface area contributed by atoms with Crippen LogP contribution in [0.15, 0.2) is 0 Å². The van der Waals surface area contributed by atoms with E-state index in [-0.39, 0.29) is 11.3 Å². The zero-order valence-electron chi connectivity index (χ0n) is 14.3. The van der Waals surface area contributed by atoms with Crippen LogP contribution in [-0.2, 0) is 13.7 Å². The molecule has 5 nitrogen and oxygen atoms in total. The molecule has 0 bridgehead atoms. The number of hydroxylamine groups is 3. The predicted molar refractivity (Wildman–Crippen MR) is 84.5 cm³/mol. The highest BCUT2D eigenvalue weighted by atomic mass is 31.2. The molecule has 128 valence electrons. The summed E-state index contributed by atoms with van der Waals surface area (Å²) in [6.45, 7) is 2.45. The van der Waals surface area contributed by atoms with Gasteiger partial charge in [-0.15, -0.1) is 4.62 Å². The fourth-order valence-electron chi connectivity index (χ4n) is 2.09. The van der Waals surface area contributed by atoms with E-state index in [9.17, 15) is 9.46 Å². The highest BCUT2D eigenvalue weighted by Crippen LogP contribution is 2.40. The van der Waals surface area contributed by atoms with Crippen LogP contribution in [0, 0.1) is 0 Å². The molecule has 0 saturated carbocycles. The molecule has 0 aromatic heterocycles. The molecule has 0 fully saturated rings. The highest BCUT2D eigenvalue weighted by Gasteiger charge is 2.20. The zero-order valence-corrected chi connectivity index (χ0v) is 15.2. The summed E-state index contributed by atoms with van der Waals surface area (Å²) in [5.74, 6) is 0. The molecule has 1 atom stereocenters. The van der Waals surface area contributed by atoms with Crippen LogP contribution in [0.2, 0.25) is 0 Å². The molecule has 0 aliphatic rings. The summed E-state index contributed by atoms with van der Waals surface area (Å²) in [5, 5.41) is 0. The highest BCUT2D eigenvalue weighted by molar-refractivity contribution is 7.45. The van der Waals surface area contributed by atoms with Crippen LogP contribution in [0.4, 0.5) is 0 Å². The molecule has 0 heterocycles. The van der Waals surface area contributed by atoms with E-state index in [1.807, 2.05) is 0 Å². The van der Waals surface area contributed by atoms with Gasteiger partial charge in [-0.3, -0.25) is 4.57 Å². The quantitative estimate of drug-likeness (QED) is 0.210. The Morgan fingerprint density at radius 3 is 1.71 bits per heavy atom. The van der Waals surface area contributed by atoms with Crippen molar-refractivity contribution in [1.29, 1.82) is 0 Å². The van der Waals surface area contributed by atoms with Gasteiger partial charge in [-0.25, -0.2) is 0 Å². The maximum atomic E-state index is 11.5. The van der Waals surface area contributed by atoms with Gasteiger partial charge in [0.1, 0.15) is 0 Å². The summed E-state index contributed by atoms with van der Waals surface area (Å²) in [4.78, 5) is 11.5. The van der Waals surface area contributed by atoms with E-state index in [4.69, 9.17) is 9.15 Å². The molecule has 0 spiro atoms. The molecular weight excluding hydrogens is 289 g/mol. The van der Waals surface area contributed by atoms with Gasteiger partial charge in [0.25, 0.3) is 0 Å². The van der Waals surface area contributed by atoms with E-state index in [0.717, 1.165) is 19.3 Å². The average Bonchev–Trinajstić information content (AvgIpc) is 2.33. The summed E-state index contributed by atoms with van der Waals surface area (Å²) in [7, 11) is 0.731. The molecule has 0 aliphatic heterocycles. The van der Waals surface area contributed by atoms with Crippen LogP contribution in [0.5, 0.6) is 0 Å². The van der Waals surface area contributed by atoms with Gasteiger partial charge in [0.2, 0.25) is 0 Å². The van der Waals surface area contributed by atoms with Crippen molar-refractivity contribution in [3.05, 3.63) is 0 Å². The largest absolute Gasteiger partial charge is 0.752 e. The molecule has 0 saturated heterocycles. The molecule has 0 aliphatic carbocycles. The molecule has 6 heteroatoms. The lowest BCUT2D eigenvalue weighted by Gasteiger charge is -2.29. The minimum Gasteiger partial charge on any atom is -0.752 e. The molecule has 0 N–H and O–H groups in total. The van der Waals surface area contributed by atoms with Gasteiger partial charge in [-0.1, -0.05) is 64.7 Å². The Labute approximate surface area is 130 Å². The number of hydrogen-bond acceptors (Lipinski definition) is 4. The van der Waals surface area contributed by atoms with Crippen LogP contribution in [0.1, 0.15) is 71.1 Å². The van der Waals surface area contributed by atoms with Gasteiger partial charge in [-0.2, -0.15) is 4.65 Å². The van der Waals surface area contributed by atoms with Crippen molar-refractivity contribution in [3.8, 4) is 0 Å². The van der Waals surface area contributed by atoms with Crippen molar-refractivity contribution in [2.24, 2.45) is 0 Å². The smallest absolute Gasteiger partial charge is 0.325 e. The van der Waals surface area contributed by atoms with Gasteiger partial charge in [0.05, 0.1) is 27.7 Å². The Bertz CT molecular complexity index is 292. The van der Waals surface area contributed by atoms with E-state index < -0.39 is 7.82 Å². The third-order valence-electron chi connectivity index (χ3n) is 3.09. The van der Waals surface area contributed by atoms with Gasteiger partial charge >= 0.3 is 7.82 Å². The second-order valence-electron chi connectivity index (χ2n) is 6.43. The van der Waals surface area contributed by atoms with Gasteiger partial charge in [0.15, 0.2) is 0 Å². The number of phosphoric ester groups is 1. The first-order valence-electron chi connectivity index (χ1n) is 8.25. The monoisotopic (exact) mass is 323 g/mol. The maximum Gasteiger partial charge on any atom is 0.325 e. The number of phosphoric acid groups is 1. The second-order valence-corrected chi connectivity index (χ2v) is 7.75. The van der Waals surface area contributed by atoms with Crippen molar-refractivity contribution in [1.82, 2.24) is 0 Å². The molecular formula is C15H34NO4P. The minimum atomic E-state index is -4.17. The normalized spacial score (nSPS) is 15.1. The molecule has 0 amide bonds. The number of hydrogen-bond donors (Lipinski definition) is 0. The van der Waals surface area contributed by atoms with E-state index in [1.54, 1.807) is 21.1 Å². The van der Waals surface area contributed by atoms with Crippen molar-refractivity contribution in [2.75, 3.05) is 27.7 Å². The van der Waals surface area contributed by atoms with Crippen molar-refractivity contribution < 1.29 is 23.3 Å². The molecule has 1 unspecified atom stereocenters. The number of unbranched alkanes of at least 4 members (excludes halogenated alkanes) is 9. The standard InChI is InChI=1S/C15H34NO4P/c1-5-6-7-8-9-10-11-12-13-14-15-19-21(17,18)20-16(2,3)4/h5-15H2,1-4H3. The van der Waals surface area contributed by atoms with E-state index in [1.165, 1.54) is 44.9 Å². The van der Waals surface area contributed by atoms with Crippen molar-refractivity contribution in [3.63, 3.8) is 0 Å². The number of nitrogens with zero attached hydrogens (tertiary/aromatic N) is 1. The molecule has 0 rings (SSSR count). The third kappa shape index (κ3) is 16.3. The Morgan fingerprint density at radius 2 is 1.29 bits per heavy atom. The predicted octanol–water partition coefficient (Wildman–Crippen LogP) is 4.03. The topological polar surface area (TPSA) is 58.6 Å². The van der Waals surface area contributed by atoms with Gasteiger partial charge < -0.3 is 9.42 Å². The fourth-order valence-corrected chi connectivity index (χ4v) is 3.09. The summed E-state index contributed by atoms with van der Waals surface area (Å²) >= 11 is 0. The first kappa shape index (κ1) is 21.1. The summed E-state index contributed by atoms with van der Waals surface area (Å²) < 4.78 is 21.0. The number of quaternary nitrogens is 1. The summed E-state index contributed by atoms with van der Waals surface area (Å²) in [6.07, 6.45) is 12.1. The lowest BCUT2D eigenvalue weighted by Crippen LogP contribution is -2.35. The SMILES string of the molecule is CCCCCCCCCCCCOP(=O)([O-])O[N+](C)(C)C. The first-order valence-corrected chi connectivity index (χ1v) is 9.71. The fraction of sp³-hybridized carbons (Fsp3) is 1.00. The maximum absolute atomic E-state index is 11.5. The van der Waals surface area contributed by atoms with Gasteiger partial charge in [-0.05, 0) is 6.42 Å². The van der Waals surface area contributed by atoms with Crippen molar-refractivity contribution >= 4 is 7.82 Å². The van der Waals surface area contributed by atoms with Crippen molar-refractivity contribution in [2.45, 2.75) is 71.1 Å².